The van der Waals surface area contributed by atoms with Crippen molar-refractivity contribution in [1.82, 2.24) is 14.6 Å². The lowest BCUT2D eigenvalue weighted by Crippen LogP contribution is -2.36. The monoisotopic (exact) mass is 407 g/mol. The lowest BCUT2D eigenvalue weighted by atomic mass is 10.00. The Morgan fingerprint density at radius 3 is 2.93 bits per heavy atom. The van der Waals surface area contributed by atoms with Gasteiger partial charge in [0.25, 0.3) is 5.91 Å². The number of fused-ring (bicyclic) bond motifs is 2. The van der Waals surface area contributed by atoms with Gasteiger partial charge in [-0.1, -0.05) is 0 Å². The average Bonchev–Trinajstić information content (AvgIpc) is 3.34. The zero-order chi connectivity index (χ0) is 20.7. The van der Waals surface area contributed by atoms with Crippen molar-refractivity contribution < 1.29 is 19.1 Å². The summed E-state index contributed by atoms with van der Waals surface area (Å²) in [7, 11) is 0. The maximum absolute atomic E-state index is 13.1. The molecule has 1 aromatic carbocycles. The van der Waals surface area contributed by atoms with Crippen molar-refractivity contribution in [1.29, 1.82) is 0 Å². The molecule has 1 atom stereocenters. The molecule has 0 bridgehead atoms. The quantitative estimate of drug-likeness (QED) is 0.658. The van der Waals surface area contributed by atoms with Crippen LogP contribution >= 0.6 is 0 Å². The molecule has 0 spiro atoms. The molecule has 0 saturated carbocycles. The Balaban J connectivity index is 1.52. The Kier molecular flexibility index (Phi) is 4.39. The first-order valence-corrected chi connectivity index (χ1v) is 9.81. The first-order valence-electron chi connectivity index (χ1n) is 9.81. The molecule has 0 radical (unpaired) electrons. The molecule has 30 heavy (non-hydrogen) atoms. The van der Waals surface area contributed by atoms with Crippen LogP contribution in [-0.2, 0) is 16.0 Å². The van der Waals surface area contributed by atoms with E-state index in [9.17, 15) is 9.59 Å². The highest BCUT2D eigenvalue weighted by molar-refractivity contribution is 6.09. The molecule has 1 N–H and O–H groups in total. The molecule has 154 valence electrons. The van der Waals surface area contributed by atoms with Crippen molar-refractivity contribution in [3.05, 3.63) is 47.9 Å². The molecule has 1 unspecified atom stereocenters. The van der Waals surface area contributed by atoms with Crippen LogP contribution in [0.5, 0.6) is 5.75 Å². The highest BCUT2D eigenvalue weighted by atomic mass is 16.5. The van der Waals surface area contributed by atoms with Crippen LogP contribution in [0, 0.1) is 0 Å². The molecule has 1 saturated heterocycles. The summed E-state index contributed by atoms with van der Waals surface area (Å²) in [6.45, 7) is 4.37. The van der Waals surface area contributed by atoms with Crippen LogP contribution in [0.15, 0.2) is 36.8 Å². The number of amides is 1. The van der Waals surface area contributed by atoms with E-state index in [1.54, 1.807) is 29.9 Å². The van der Waals surface area contributed by atoms with Crippen molar-refractivity contribution in [2.75, 3.05) is 36.5 Å². The van der Waals surface area contributed by atoms with Gasteiger partial charge in [-0.15, -0.1) is 0 Å². The fourth-order valence-corrected chi connectivity index (χ4v) is 3.92. The van der Waals surface area contributed by atoms with Gasteiger partial charge in [0.05, 0.1) is 30.8 Å². The smallest absolute Gasteiger partial charge is 0.261 e. The Morgan fingerprint density at radius 1 is 1.30 bits per heavy atom. The van der Waals surface area contributed by atoms with E-state index in [2.05, 4.69) is 20.3 Å². The number of rotatable bonds is 4. The maximum Gasteiger partial charge on any atom is 0.261 e. The summed E-state index contributed by atoms with van der Waals surface area (Å²) in [6, 6.07) is 5.55. The number of hydrogen-bond acceptors (Lipinski definition) is 7. The molecule has 1 fully saturated rings. The lowest BCUT2D eigenvalue weighted by Gasteiger charge is -2.31. The molecule has 9 heteroatoms. The number of carbonyl (C=O) groups excluding carboxylic acids is 2. The molecule has 4 heterocycles. The number of carbonyl (C=O) groups is 2. The van der Waals surface area contributed by atoms with Crippen LogP contribution in [0.4, 0.5) is 11.4 Å². The van der Waals surface area contributed by atoms with Gasteiger partial charge < -0.3 is 19.7 Å². The van der Waals surface area contributed by atoms with Gasteiger partial charge in [0.15, 0.2) is 17.5 Å². The van der Waals surface area contributed by atoms with Crippen LogP contribution in [0.25, 0.3) is 5.65 Å². The summed E-state index contributed by atoms with van der Waals surface area (Å²) in [4.78, 5) is 31.0. The summed E-state index contributed by atoms with van der Waals surface area (Å²) >= 11 is 0. The van der Waals surface area contributed by atoms with Gasteiger partial charge in [-0.3, -0.25) is 9.59 Å². The highest BCUT2D eigenvalue weighted by Gasteiger charge is 2.36. The number of nitrogens with one attached hydrogen (secondary N) is 1. The van der Waals surface area contributed by atoms with Crippen molar-refractivity contribution >= 4 is 29.2 Å². The number of ether oxygens (including phenoxy) is 2. The number of aromatic nitrogens is 3. The van der Waals surface area contributed by atoms with Crippen LogP contribution < -0.4 is 15.0 Å². The van der Waals surface area contributed by atoms with Crippen molar-refractivity contribution in [3.8, 4) is 5.75 Å². The van der Waals surface area contributed by atoms with Crippen molar-refractivity contribution in [3.63, 3.8) is 0 Å². The minimum absolute atomic E-state index is 0.296. The molecule has 2 aliphatic heterocycles. The van der Waals surface area contributed by atoms with Gasteiger partial charge >= 0.3 is 0 Å². The van der Waals surface area contributed by atoms with E-state index in [0.29, 0.717) is 55.4 Å². The second-order valence-corrected chi connectivity index (χ2v) is 7.69. The Hall–Kier alpha value is -3.46. The normalized spacial score (nSPS) is 20.6. The van der Waals surface area contributed by atoms with Gasteiger partial charge in [0.2, 0.25) is 0 Å². The van der Waals surface area contributed by atoms with Gasteiger partial charge in [0, 0.05) is 43.5 Å². The Labute approximate surface area is 172 Å². The molecule has 5 rings (SSSR count). The van der Waals surface area contributed by atoms with E-state index in [0.717, 1.165) is 17.5 Å². The van der Waals surface area contributed by atoms with E-state index in [4.69, 9.17) is 9.47 Å². The molecule has 0 aliphatic carbocycles. The standard InChI is InChI=1S/C21H21N5O4/c1-21(13-27)11-14-9-16(17(10-18(14)30-21)25-5-7-29-8-6-25)24-20(28)15-12-23-26-4-2-3-22-19(15)26/h2-4,9-10,12-13H,5-8,11H2,1H3,(H,24,28). The zero-order valence-corrected chi connectivity index (χ0v) is 16.5. The Bertz CT molecular complexity index is 1140. The average molecular weight is 407 g/mol. The summed E-state index contributed by atoms with van der Waals surface area (Å²) < 4.78 is 12.9. The van der Waals surface area contributed by atoms with E-state index in [1.807, 2.05) is 12.1 Å². The fraction of sp³-hybridized carbons (Fsp3) is 0.333. The van der Waals surface area contributed by atoms with E-state index >= 15 is 0 Å². The minimum Gasteiger partial charge on any atom is -0.479 e. The van der Waals surface area contributed by atoms with Gasteiger partial charge in [0.1, 0.15) is 11.3 Å². The van der Waals surface area contributed by atoms with Crippen LogP contribution in [-0.4, -0.2) is 58.7 Å². The minimum atomic E-state index is -0.889. The third kappa shape index (κ3) is 3.17. The van der Waals surface area contributed by atoms with E-state index in [1.165, 1.54) is 6.20 Å². The summed E-state index contributed by atoms with van der Waals surface area (Å²) in [6.07, 6.45) is 6.15. The van der Waals surface area contributed by atoms with Crippen molar-refractivity contribution in [2.45, 2.75) is 18.9 Å². The van der Waals surface area contributed by atoms with Gasteiger partial charge in [-0.25, -0.2) is 9.50 Å². The number of aldehydes is 1. The topological polar surface area (TPSA) is 98.1 Å². The van der Waals surface area contributed by atoms with Gasteiger partial charge in [-0.2, -0.15) is 5.10 Å². The molecule has 9 nitrogen and oxygen atoms in total. The SMILES string of the molecule is CC1(C=O)Cc2cc(NC(=O)c3cnn4cccnc34)c(N3CCOCC3)cc2O1. The molecule has 2 aromatic heterocycles. The number of anilines is 2. The van der Waals surface area contributed by atoms with Gasteiger partial charge in [-0.05, 0) is 19.1 Å². The molecule has 2 aliphatic rings. The summed E-state index contributed by atoms with van der Waals surface area (Å²) in [5, 5.41) is 7.21. The number of benzene rings is 1. The summed E-state index contributed by atoms with van der Waals surface area (Å²) in [5.41, 5.74) is 2.37. The van der Waals surface area contributed by atoms with Crippen LogP contribution in [0.1, 0.15) is 22.8 Å². The first-order chi connectivity index (χ1) is 14.6. The lowest BCUT2D eigenvalue weighted by molar-refractivity contribution is -0.118. The Morgan fingerprint density at radius 2 is 2.13 bits per heavy atom. The maximum atomic E-state index is 13.1. The van der Waals surface area contributed by atoms with Crippen LogP contribution in [0.3, 0.4) is 0 Å². The molecular formula is C21H21N5O4. The summed E-state index contributed by atoms with van der Waals surface area (Å²) in [5.74, 6) is 0.372. The predicted molar refractivity (Wildman–Crippen MR) is 109 cm³/mol. The molecule has 3 aromatic rings. The number of nitrogens with zero attached hydrogens (tertiary/aromatic N) is 4. The largest absolute Gasteiger partial charge is 0.479 e. The molecule has 1 amide bonds. The zero-order valence-electron chi connectivity index (χ0n) is 16.5. The first kappa shape index (κ1) is 18.6. The second kappa shape index (κ2) is 7.10. The third-order valence-corrected chi connectivity index (χ3v) is 5.44. The second-order valence-electron chi connectivity index (χ2n) is 7.69. The fourth-order valence-electron chi connectivity index (χ4n) is 3.92. The third-order valence-electron chi connectivity index (χ3n) is 5.44. The predicted octanol–water partition coefficient (Wildman–Crippen LogP) is 1.71. The number of hydrogen-bond donors (Lipinski definition) is 1. The highest BCUT2D eigenvalue weighted by Crippen LogP contribution is 2.41. The van der Waals surface area contributed by atoms with Crippen LogP contribution in [0.2, 0.25) is 0 Å². The van der Waals surface area contributed by atoms with E-state index < -0.39 is 5.60 Å². The molecular weight excluding hydrogens is 386 g/mol. The number of morpholine rings is 1. The van der Waals surface area contributed by atoms with E-state index in [-0.39, 0.29) is 5.91 Å². The van der Waals surface area contributed by atoms with Crippen molar-refractivity contribution in [2.24, 2.45) is 0 Å².